The topological polar surface area (TPSA) is 96.0 Å². The third-order valence-electron chi connectivity index (χ3n) is 8.01. The number of rotatable bonds is 13. The summed E-state index contributed by atoms with van der Waals surface area (Å²) < 4.78 is 35.3. The maximum Gasteiger partial charge on any atom is 0.264 e. The molecule has 0 saturated heterocycles. The van der Waals surface area contributed by atoms with Crippen molar-refractivity contribution in [2.75, 3.05) is 17.5 Å². The molecule has 0 heterocycles. The third-order valence-corrected chi connectivity index (χ3v) is 9.79. The number of para-hydroxylation sites is 2. The first-order valence-corrected chi connectivity index (χ1v) is 16.5. The quantitative estimate of drug-likeness (QED) is 0.267. The Morgan fingerprint density at radius 1 is 0.930 bits per heavy atom. The number of aryl methyl sites for hydroxylation is 2. The second kappa shape index (κ2) is 14.6. The molecule has 230 valence electrons. The summed E-state index contributed by atoms with van der Waals surface area (Å²) in [7, 11) is -4.19. The molecule has 1 aliphatic rings. The number of hydrogen-bond donors (Lipinski definition) is 1. The van der Waals surface area contributed by atoms with Crippen LogP contribution >= 0.6 is 0 Å². The van der Waals surface area contributed by atoms with Gasteiger partial charge in [-0.05, 0) is 75.4 Å². The van der Waals surface area contributed by atoms with Crippen molar-refractivity contribution in [2.45, 2.75) is 83.3 Å². The molecule has 0 bridgehead atoms. The van der Waals surface area contributed by atoms with Gasteiger partial charge in [-0.1, -0.05) is 73.9 Å². The van der Waals surface area contributed by atoms with Crippen molar-refractivity contribution in [1.82, 2.24) is 10.2 Å². The molecule has 1 fully saturated rings. The molecular weight excluding hydrogens is 562 g/mol. The molecule has 0 aromatic heterocycles. The van der Waals surface area contributed by atoms with Crippen LogP contribution in [-0.4, -0.2) is 50.4 Å². The molecule has 1 unspecified atom stereocenters. The molecule has 0 spiro atoms. The van der Waals surface area contributed by atoms with Crippen LogP contribution < -0.4 is 14.4 Å². The highest BCUT2D eigenvalue weighted by Crippen LogP contribution is 2.33. The number of nitrogens with one attached hydrogen (secondary N) is 1. The van der Waals surface area contributed by atoms with E-state index in [1.54, 1.807) is 48.5 Å². The Hall–Kier alpha value is -3.85. The highest BCUT2D eigenvalue weighted by atomic mass is 32.2. The number of hydrogen-bond acceptors (Lipinski definition) is 5. The summed E-state index contributed by atoms with van der Waals surface area (Å²) >= 11 is 0. The van der Waals surface area contributed by atoms with Gasteiger partial charge in [0.05, 0.1) is 17.2 Å². The lowest BCUT2D eigenvalue weighted by molar-refractivity contribution is -0.140. The van der Waals surface area contributed by atoms with Gasteiger partial charge in [0.25, 0.3) is 10.0 Å². The van der Waals surface area contributed by atoms with Crippen LogP contribution in [0.1, 0.15) is 62.6 Å². The van der Waals surface area contributed by atoms with Crippen molar-refractivity contribution in [3.8, 4) is 5.75 Å². The number of benzene rings is 3. The summed E-state index contributed by atoms with van der Waals surface area (Å²) in [5.41, 5.74) is 3.06. The van der Waals surface area contributed by atoms with Crippen LogP contribution in [0.5, 0.6) is 5.75 Å². The zero-order valence-corrected chi connectivity index (χ0v) is 26.4. The first kappa shape index (κ1) is 32.1. The maximum absolute atomic E-state index is 14.4. The molecule has 0 aliphatic heterocycles. The number of anilines is 1. The molecule has 1 atom stereocenters. The van der Waals surface area contributed by atoms with E-state index in [1.807, 2.05) is 52.0 Å². The minimum atomic E-state index is -4.19. The fourth-order valence-electron chi connectivity index (χ4n) is 5.55. The Morgan fingerprint density at radius 3 is 2.23 bits per heavy atom. The standard InChI is InChI=1S/C34H43N3O5S/c1-5-30(34(39)35-28-15-9-10-16-28)36(23-27-14-8-7-13-26(27)4)33(38)24-37(31-17-11-12-18-32(31)42-6-2)43(40,41)29-21-19-25(3)20-22-29/h7-8,11-14,17-22,28,30H,5-6,9-10,15-16,23-24H2,1-4H3,(H,35,39). The van der Waals surface area contributed by atoms with E-state index in [1.165, 1.54) is 4.90 Å². The molecule has 3 aromatic carbocycles. The van der Waals surface area contributed by atoms with Crippen LogP contribution in [0.2, 0.25) is 0 Å². The largest absolute Gasteiger partial charge is 0.492 e. The van der Waals surface area contributed by atoms with Crippen molar-refractivity contribution in [3.05, 3.63) is 89.5 Å². The first-order chi connectivity index (χ1) is 20.6. The number of carbonyl (C=O) groups excluding carboxylic acids is 2. The van der Waals surface area contributed by atoms with Gasteiger partial charge in [-0.3, -0.25) is 13.9 Å². The van der Waals surface area contributed by atoms with Crippen molar-refractivity contribution in [1.29, 1.82) is 0 Å². The molecule has 1 N–H and O–H groups in total. The second-order valence-electron chi connectivity index (χ2n) is 11.1. The van der Waals surface area contributed by atoms with E-state index in [-0.39, 0.29) is 29.1 Å². The molecule has 43 heavy (non-hydrogen) atoms. The van der Waals surface area contributed by atoms with Gasteiger partial charge in [-0.2, -0.15) is 0 Å². The minimum Gasteiger partial charge on any atom is -0.492 e. The Bertz CT molecular complexity index is 1500. The van der Waals surface area contributed by atoms with Crippen LogP contribution in [-0.2, 0) is 26.2 Å². The van der Waals surface area contributed by atoms with Crippen LogP contribution in [0.15, 0.2) is 77.7 Å². The Balaban J connectivity index is 1.76. The van der Waals surface area contributed by atoms with E-state index in [9.17, 15) is 18.0 Å². The Kier molecular flexibility index (Phi) is 10.9. The molecule has 4 rings (SSSR count). The highest BCUT2D eigenvalue weighted by Gasteiger charge is 2.35. The smallest absolute Gasteiger partial charge is 0.264 e. The summed E-state index contributed by atoms with van der Waals surface area (Å²) in [6.07, 6.45) is 4.36. The fourth-order valence-corrected chi connectivity index (χ4v) is 6.97. The van der Waals surface area contributed by atoms with Crippen molar-refractivity contribution >= 4 is 27.5 Å². The van der Waals surface area contributed by atoms with Crippen molar-refractivity contribution in [3.63, 3.8) is 0 Å². The van der Waals surface area contributed by atoms with Gasteiger partial charge in [0.1, 0.15) is 18.3 Å². The predicted octanol–water partition coefficient (Wildman–Crippen LogP) is 5.76. The molecule has 9 heteroatoms. The van der Waals surface area contributed by atoms with Gasteiger partial charge >= 0.3 is 0 Å². The average Bonchev–Trinajstić information content (AvgIpc) is 3.50. The van der Waals surface area contributed by atoms with E-state index in [0.29, 0.717) is 18.8 Å². The maximum atomic E-state index is 14.4. The first-order valence-electron chi connectivity index (χ1n) is 15.1. The molecule has 0 radical (unpaired) electrons. The van der Waals surface area contributed by atoms with E-state index in [2.05, 4.69) is 5.32 Å². The van der Waals surface area contributed by atoms with E-state index in [4.69, 9.17) is 4.74 Å². The molecule has 1 aliphatic carbocycles. The summed E-state index contributed by atoms with van der Waals surface area (Å²) in [6, 6.07) is 20.4. The molecule has 2 amide bonds. The molecule has 8 nitrogen and oxygen atoms in total. The summed E-state index contributed by atoms with van der Waals surface area (Å²) in [5.74, 6) is -0.331. The zero-order valence-electron chi connectivity index (χ0n) is 25.6. The van der Waals surface area contributed by atoms with Gasteiger partial charge < -0.3 is 15.0 Å². The number of carbonyl (C=O) groups is 2. The Morgan fingerprint density at radius 2 is 1.58 bits per heavy atom. The number of amides is 2. The third kappa shape index (κ3) is 7.76. The fraction of sp³-hybridized carbons (Fsp3) is 0.412. The summed E-state index contributed by atoms with van der Waals surface area (Å²) in [4.78, 5) is 29.6. The monoisotopic (exact) mass is 605 g/mol. The summed E-state index contributed by atoms with van der Waals surface area (Å²) in [5, 5.41) is 3.15. The van der Waals surface area contributed by atoms with Gasteiger partial charge in [-0.25, -0.2) is 8.42 Å². The molecule has 1 saturated carbocycles. The van der Waals surface area contributed by atoms with Crippen molar-refractivity contribution < 1.29 is 22.7 Å². The van der Waals surface area contributed by atoms with E-state index in [0.717, 1.165) is 46.7 Å². The van der Waals surface area contributed by atoms with Gasteiger partial charge in [0, 0.05) is 12.6 Å². The number of nitrogens with zero attached hydrogens (tertiary/aromatic N) is 2. The van der Waals surface area contributed by atoms with Gasteiger partial charge in [0.15, 0.2) is 0 Å². The minimum absolute atomic E-state index is 0.0636. The van der Waals surface area contributed by atoms with Crippen LogP contribution in [0.3, 0.4) is 0 Å². The van der Waals surface area contributed by atoms with Crippen molar-refractivity contribution in [2.24, 2.45) is 0 Å². The lowest BCUT2D eigenvalue weighted by atomic mass is 10.1. The normalized spacial score (nSPS) is 14.2. The number of ether oxygens (including phenoxy) is 1. The lowest BCUT2D eigenvalue weighted by Gasteiger charge is -2.34. The predicted molar refractivity (Wildman–Crippen MR) is 170 cm³/mol. The second-order valence-corrected chi connectivity index (χ2v) is 12.9. The highest BCUT2D eigenvalue weighted by molar-refractivity contribution is 7.92. The van der Waals surface area contributed by atoms with Gasteiger partial charge in [-0.15, -0.1) is 0 Å². The molecule has 3 aromatic rings. The van der Waals surface area contributed by atoms with E-state index >= 15 is 0 Å². The lowest BCUT2D eigenvalue weighted by Crippen LogP contribution is -2.53. The summed E-state index contributed by atoms with van der Waals surface area (Å²) in [6.45, 7) is 7.54. The zero-order chi connectivity index (χ0) is 31.0. The SMILES string of the molecule is CCOc1ccccc1N(CC(=O)N(Cc1ccccc1C)C(CC)C(=O)NC1CCCC1)S(=O)(=O)c1ccc(C)cc1. The van der Waals surface area contributed by atoms with Crippen LogP contribution in [0, 0.1) is 13.8 Å². The number of sulfonamides is 1. The van der Waals surface area contributed by atoms with E-state index < -0.39 is 28.5 Å². The van der Waals surface area contributed by atoms with Gasteiger partial charge in [0.2, 0.25) is 11.8 Å². The average molecular weight is 606 g/mol. The van der Waals surface area contributed by atoms with Crippen LogP contribution in [0.4, 0.5) is 5.69 Å². The Labute approximate surface area is 256 Å². The van der Waals surface area contributed by atoms with Crippen LogP contribution in [0.25, 0.3) is 0 Å². The molecular formula is C34H43N3O5S.